The average Bonchev–Trinajstić information content (AvgIpc) is 2.81. The molecular formula is C13H16O3. The van der Waals surface area contributed by atoms with Gasteiger partial charge in [0.2, 0.25) is 0 Å². The lowest BCUT2D eigenvalue weighted by Crippen LogP contribution is -2.10. The Hall–Kier alpha value is -1.35. The van der Waals surface area contributed by atoms with Crippen LogP contribution in [0.2, 0.25) is 0 Å². The minimum Gasteiger partial charge on any atom is -0.479 e. The number of aliphatic hydroxyl groups excluding tert-OH is 1. The summed E-state index contributed by atoms with van der Waals surface area (Å²) in [7, 11) is 0. The molecule has 1 aliphatic carbocycles. The summed E-state index contributed by atoms with van der Waals surface area (Å²) < 4.78 is 0. The fraction of sp³-hybridized carbons (Fsp3) is 0.462. The van der Waals surface area contributed by atoms with Gasteiger partial charge in [-0.1, -0.05) is 37.1 Å². The van der Waals surface area contributed by atoms with E-state index in [1.54, 1.807) is 6.07 Å². The number of hydrogen-bond acceptors (Lipinski definition) is 2. The molecular weight excluding hydrogens is 204 g/mol. The highest BCUT2D eigenvalue weighted by molar-refractivity contribution is 5.74. The van der Waals surface area contributed by atoms with Gasteiger partial charge in [-0.2, -0.15) is 0 Å². The van der Waals surface area contributed by atoms with Gasteiger partial charge in [-0.15, -0.1) is 0 Å². The lowest BCUT2D eigenvalue weighted by atomic mass is 9.95. The fourth-order valence-corrected chi connectivity index (χ4v) is 2.38. The minimum absolute atomic E-state index is 0.483. The first-order valence-electron chi connectivity index (χ1n) is 5.69. The van der Waals surface area contributed by atoms with Crippen molar-refractivity contribution in [3.8, 4) is 0 Å². The first kappa shape index (κ1) is 11.1. The lowest BCUT2D eigenvalue weighted by molar-refractivity contribution is -0.146. The first-order chi connectivity index (χ1) is 7.68. The third-order valence-electron chi connectivity index (χ3n) is 3.29. The van der Waals surface area contributed by atoms with Crippen LogP contribution in [0.4, 0.5) is 0 Å². The number of carboxylic acid groups (broad SMARTS) is 1. The molecule has 1 unspecified atom stereocenters. The van der Waals surface area contributed by atoms with Crippen LogP contribution < -0.4 is 0 Å². The Morgan fingerprint density at radius 3 is 2.62 bits per heavy atom. The Bertz CT molecular complexity index is 381. The second-order valence-electron chi connectivity index (χ2n) is 4.39. The maximum Gasteiger partial charge on any atom is 0.337 e. The molecule has 16 heavy (non-hydrogen) atoms. The van der Waals surface area contributed by atoms with Crippen molar-refractivity contribution in [2.24, 2.45) is 0 Å². The largest absolute Gasteiger partial charge is 0.479 e. The van der Waals surface area contributed by atoms with Gasteiger partial charge in [-0.25, -0.2) is 4.79 Å². The maximum absolute atomic E-state index is 10.7. The Labute approximate surface area is 94.7 Å². The van der Waals surface area contributed by atoms with Crippen molar-refractivity contribution in [3.63, 3.8) is 0 Å². The average molecular weight is 220 g/mol. The summed E-state index contributed by atoms with van der Waals surface area (Å²) in [4.78, 5) is 10.7. The van der Waals surface area contributed by atoms with E-state index in [-0.39, 0.29) is 0 Å². The number of benzene rings is 1. The molecule has 0 saturated heterocycles. The zero-order valence-electron chi connectivity index (χ0n) is 9.10. The minimum atomic E-state index is -1.40. The quantitative estimate of drug-likeness (QED) is 0.822. The number of hydrogen-bond donors (Lipinski definition) is 2. The topological polar surface area (TPSA) is 57.5 Å². The molecule has 0 bridgehead atoms. The van der Waals surface area contributed by atoms with E-state index in [1.165, 1.54) is 25.7 Å². The van der Waals surface area contributed by atoms with Crippen molar-refractivity contribution in [3.05, 3.63) is 35.4 Å². The normalized spacial score (nSPS) is 18.6. The van der Waals surface area contributed by atoms with Crippen LogP contribution in [-0.4, -0.2) is 16.2 Å². The van der Waals surface area contributed by atoms with Crippen molar-refractivity contribution in [1.82, 2.24) is 0 Å². The second kappa shape index (κ2) is 4.66. The van der Waals surface area contributed by atoms with Crippen LogP contribution in [0.5, 0.6) is 0 Å². The number of aliphatic hydroxyl groups is 1. The standard InChI is InChI=1S/C13H16O3/c14-12(13(15)16)11-7-3-6-10(8-11)9-4-1-2-5-9/h3,6-9,12,14H,1-2,4-5H2,(H,15,16). The van der Waals surface area contributed by atoms with Gasteiger partial charge in [-0.3, -0.25) is 0 Å². The highest BCUT2D eigenvalue weighted by Crippen LogP contribution is 2.34. The molecule has 1 aromatic carbocycles. The SMILES string of the molecule is O=C(O)C(O)c1cccc(C2CCCC2)c1. The van der Waals surface area contributed by atoms with Crippen molar-refractivity contribution < 1.29 is 15.0 Å². The Kier molecular flexibility index (Phi) is 3.25. The van der Waals surface area contributed by atoms with Crippen LogP contribution in [0, 0.1) is 0 Å². The van der Waals surface area contributed by atoms with Crippen LogP contribution in [0.1, 0.15) is 48.8 Å². The van der Waals surface area contributed by atoms with Crippen molar-refractivity contribution in [2.75, 3.05) is 0 Å². The van der Waals surface area contributed by atoms with Gasteiger partial charge in [-0.05, 0) is 29.9 Å². The van der Waals surface area contributed by atoms with E-state index in [1.807, 2.05) is 18.2 Å². The zero-order chi connectivity index (χ0) is 11.5. The van der Waals surface area contributed by atoms with Gasteiger partial charge in [0.05, 0.1) is 0 Å². The molecule has 3 nitrogen and oxygen atoms in total. The number of carbonyl (C=O) groups is 1. The van der Waals surface area contributed by atoms with Gasteiger partial charge in [0.25, 0.3) is 0 Å². The summed E-state index contributed by atoms with van der Waals surface area (Å²) in [5, 5.41) is 18.2. The molecule has 1 fully saturated rings. The van der Waals surface area contributed by atoms with Crippen LogP contribution in [0.15, 0.2) is 24.3 Å². The molecule has 0 amide bonds. The zero-order valence-corrected chi connectivity index (χ0v) is 9.10. The lowest BCUT2D eigenvalue weighted by Gasteiger charge is -2.12. The monoisotopic (exact) mass is 220 g/mol. The molecule has 0 radical (unpaired) electrons. The predicted molar refractivity (Wildman–Crippen MR) is 60.2 cm³/mol. The molecule has 1 aromatic rings. The van der Waals surface area contributed by atoms with Gasteiger partial charge < -0.3 is 10.2 Å². The van der Waals surface area contributed by atoms with E-state index in [2.05, 4.69) is 0 Å². The van der Waals surface area contributed by atoms with Gasteiger partial charge in [0.15, 0.2) is 6.10 Å². The van der Waals surface area contributed by atoms with Crippen LogP contribution in [0.25, 0.3) is 0 Å². The van der Waals surface area contributed by atoms with E-state index in [9.17, 15) is 9.90 Å². The molecule has 3 heteroatoms. The summed E-state index contributed by atoms with van der Waals surface area (Å²) >= 11 is 0. The van der Waals surface area contributed by atoms with Crippen LogP contribution >= 0.6 is 0 Å². The molecule has 1 aliphatic rings. The van der Waals surface area contributed by atoms with Crippen molar-refractivity contribution >= 4 is 5.97 Å². The summed E-state index contributed by atoms with van der Waals surface area (Å²) in [5.74, 6) is -0.649. The Morgan fingerprint density at radius 2 is 2.00 bits per heavy atom. The van der Waals surface area contributed by atoms with E-state index >= 15 is 0 Å². The Balaban J connectivity index is 2.21. The molecule has 1 atom stereocenters. The number of rotatable bonds is 3. The van der Waals surface area contributed by atoms with Gasteiger partial charge in [0.1, 0.15) is 0 Å². The first-order valence-corrected chi connectivity index (χ1v) is 5.69. The molecule has 0 aromatic heterocycles. The molecule has 0 heterocycles. The molecule has 2 rings (SSSR count). The summed E-state index contributed by atoms with van der Waals surface area (Å²) in [5.41, 5.74) is 1.65. The predicted octanol–water partition coefficient (Wildman–Crippen LogP) is 2.46. The van der Waals surface area contributed by atoms with E-state index in [0.717, 1.165) is 5.56 Å². The molecule has 86 valence electrons. The highest BCUT2D eigenvalue weighted by atomic mass is 16.4. The van der Waals surface area contributed by atoms with Gasteiger partial charge in [0, 0.05) is 0 Å². The molecule has 1 saturated carbocycles. The maximum atomic E-state index is 10.7. The summed E-state index contributed by atoms with van der Waals surface area (Å²) in [6.07, 6.45) is 3.44. The Morgan fingerprint density at radius 1 is 1.31 bits per heavy atom. The molecule has 0 aliphatic heterocycles. The van der Waals surface area contributed by atoms with Crippen molar-refractivity contribution in [1.29, 1.82) is 0 Å². The van der Waals surface area contributed by atoms with Gasteiger partial charge >= 0.3 is 5.97 Å². The highest BCUT2D eigenvalue weighted by Gasteiger charge is 2.20. The van der Waals surface area contributed by atoms with Crippen LogP contribution in [0.3, 0.4) is 0 Å². The number of carboxylic acids is 1. The van der Waals surface area contributed by atoms with Crippen molar-refractivity contribution in [2.45, 2.75) is 37.7 Å². The van der Waals surface area contributed by atoms with E-state index in [4.69, 9.17) is 5.11 Å². The second-order valence-corrected chi connectivity index (χ2v) is 4.39. The van der Waals surface area contributed by atoms with E-state index in [0.29, 0.717) is 11.5 Å². The number of aliphatic carboxylic acids is 1. The summed E-state index contributed by atoms with van der Waals surface area (Å²) in [6.45, 7) is 0. The smallest absolute Gasteiger partial charge is 0.337 e. The third kappa shape index (κ3) is 2.25. The molecule has 0 spiro atoms. The fourth-order valence-electron chi connectivity index (χ4n) is 2.38. The third-order valence-corrected chi connectivity index (χ3v) is 3.29. The molecule has 2 N–H and O–H groups in total. The van der Waals surface area contributed by atoms with E-state index < -0.39 is 12.1 Å². The summed E-state index contributed by atoms with van der Waals surface area (Å²) in [6, 6.07) is 7.34. The van der Waals surface area contributed by atoms with Crippen LogP contribution in [-0.2, 0) is 4.79 Å².